The van der Waals surface area contributed by atoms with Gasteiger partial charge in [0.1, 0.15) is 6.10 Å². The highest BCUT2D eigenvalue weighted by atomic mass is 35.5. The van der Waals surface area contributed by atoms with Gasteiger partial charge in [-0.25, -0.2) is 0 Å². The zero-order chi connectivity index (χ0) is 14.9. The second kappa shape index (κ2) is 6.82. The standard InChI is InChI=1S/C19H23NO.ClH/c1-4-19(20(2)3,16-11-6-5-7-12-16)18-17-13-9-8-10-15(17)14-21-18;/h5-13,18H,4,14H2,1-3H3;1H. The number of ether oxygens (including phenoxy) is 1. The first-order valence-electron chi connectivity index (χ1n) is 7.62. The van der Waals surface area contributed by atoms with E-state index < -0.39 is 0 Å². The van der Waals surface area contributed by atoms with Crippen molar-refractivity contribution in [3.05, 3.63) is 71.3 Å². The number of likely N-dealkylation sites (N-methyl/N-ethyl adjacent to an activating group) is 1. The molecule has 1 aliphatic heterocycles. The summed E-state index contributed by atoms with van der Waals surface area (Å²) in [4.78, 5) is 2.31. The average molecular weight is 318 g/mol. The Labute approximate surface area is 139 Å². The molecule has 0 saturated heterocycles. The van der Waals surface area contributed by atoms with Crippen LogP contribution in [0, 0.1) is 0 Å². The minimum absolute atomic E-state index is 0. The highest BCUT2D eigenvalue weighted by Crippen LogP contribution is 2.48. The first-order chi connectivity index (χ1) is 10.2. The lowest BCUT2D eigenvalue weighted by atomic mass is 9.78. The van der Waals surface area contributed by atoms with Crippen molar-refractivity contribution in [3.63, 3.8) is 0 Å². The van der Waals surface area contributed by atoms with Crippen LogP contribution in [0.2, 0.25) is 0 Å². The second-order valence-corrected chi connectivity index (χ2v) is 5.93. The van der Waals surface area contributed by atoms with Crippen molar-refractivity contribution >= 4 is 12.4 Å². The van der Waals surface area contributed by atoms with Crippen LogP contribution in [0.15, 0.2) is 54.6 Å². The molecule has 2 aromatic rings. The molecule has 2 nitrogen and oxygen atoms in total. The third-order valence-corrected chi connectivity index (χ3v) is 4.79. The number of rotatable bonds is 4. The van der Waals surface area contributed by atoms with Gasteiger partial charge >= 0.3 is 0 Å². The summed E-state index contributed by atoms with van der Waals surface area (Å²) < 4.78 is 6.25. The minimum Gasteiger partial charge on any atom is -0.367 e. The predicted molar refractivity (Wildman–Crippen MR) is 93.3 cm³/mol. The van der Waals surface area contributed by atoms with Crippen molar-refractivity contribution in [2.75, 3.05) is 14.1 Å². The van der Waals surface area contributed by atoms with Crippen molar-refractivity contribution in [1.82, 2.24) is 4.90 Å². The fraction of sp³-hybridized carbons (Fsp3) is 0.368. The number of hydrogen-bond donors (Lipinski definition) is 0. The van der Waals surface area contributed by atoms with Gasteiger partial charge in [-0.1, -0.05) is 61.5 Å². The molecule has 22 heavy (non-hydrogen) atoms. The number of nitrogens with zero attached hydrogens (tertiary/aromatic N) is 1. The lowest BCUT2D eigenvalue weighted by Gasteiger charge is -2.44. The van der Waals surface area contributed by atoms with Gasteiger partial charge in [0.2, 0.25) is 0 Å². The molecule has 0 N–H and O–H groups in total. The topological polar surface area (TPSA) is 12.5 Å². The van der Waals surface area contributed by atoms with Gasteiger partial charge in [0.15, 0.2) is 0 Å². The van der Waals surface area contributed by atoms with Crippen LogP contribution in [0.3, 0.4) is 0 Å². The minimum atomic E-state index is -0.131. The summed E-state index contributed by atoms with van der Waals surface area (Å²) in [6, 6.07) is 19.3. The number of benzene rings is 2. The summed E-state index contributed by atoms with van der Waals surface area (Å²) >= 11 is 0. The van der Waals surface area contributed by atoms with Gasteiger partial charge in [0.25, 0.3) is 0 Å². The van der Waals surface area contributed by atoms with Crippen LogP contribution in [0.4, 0.5) is 0 Å². The third kappa shape index (κ3) is 2.56. The van der Waals surface area contributed by atoms with Gasteiger partial charge in [0.05, 0.1) is 12.1 Å². The normalized spacial score (nSPS) is 19.4. The monoisotopic (exact) mass is 317 g/mol. The van der Waals surface area contributed by atoms with Crippen LogP contribution >= 0.6 is 12.4 Å². The molecule has 0 aromatic heterocycles. The summed E-state index contributed by atoms with van der Waals surface area (Å²) in [5.74, 6) is 0. The van der Waals surface area contributed by atoms with Crippen molar-refractivity contribution in [2.45, 2.75) is 31.6 Å². The molecule has 2 aromatic carbocycles. The Morgan fingerprint density at radius 2 is 1.68 bits per heavy atom. The Balaban J connectivity index is 0.00000176. The maximum atomic E-state index is 6.25. The molecular formula is C19H24ClNO. The van der Waals surface area contributed by atoms with Crippen molar-refractivity contribution < 1.29 is 4.74 Å². The Morgan fingerprint density at radius 3 is 2.32 bits per heavy atom. The zero-order valence-corrected chi connectivity index (χ0v) is 14.3. The maximum absolute atomic E-state index is 6.25. The van der Waals surface area contributed by atoms with E-state index in [1.807, 2.05) is 0 Å². The quantitative estimate of drug-likeness (QED) is 0.820. The summed E-state index contributed by atoms with van der Waals surface area (Å²) in [6.45, 7) is 2.96. The van der Waals surface area contributed by atoms with Crippen LogP contribution < -0.4 is 0 Å². The SMILES string of the molecule is CCC(c1ccccc1)(C1OCc2ccccc21)N(C)C.Cl. The Morgan fingerprint density at radius 1 is 1.05 bits per heavy atom. The fourth-order valence-electron chi connectivity index (χ4n) is 3.66. The highest BCUT2D eigenvalue weighted by molar-refractivity contribution is 5.85. The summed E-state index contributed by atoms with van der Waals surface area (Å²) in [5.41, 5.74) is 3.84. The van der Waals surface area contributed by atoms with Gasteiger partial charge in [-0.2, -0.15) is 0 Å². The Hall–Kier alpha value is -1.35. The fourth-order valence-corrected chi connectivity index (χ4v) is 3.66. The molecule has 3 rings (SSSR count). The van der Waals surface area contributed by atoms with Crippen molar-refractivity contribution in [3.8, 4) is 0 Å². The van der Waals surface area contributed by atoms with E-state index in [4.69, 9.17) is 4.74 Å². The van der Waals surface area contributed by atoms with E-state index in [-0.39, 0.29) is 24.0 Å². The van der Waals surface area contributed by atoms with Crippen LogP contribution in [0.1, 0.15) is 36.1 Å². The van der Waals surface area contributed by atoms with Crippen molar-refractivity contribution in [2.24, 2.45) is 0 Å². The first kappa shape index (κ1) is 17.0. The largest absolute Gasteiger partial charge is 0.367 e. The van der Waals surface area contributed by atoms with Crippen molar-refractivity contribution in [1.29, 1.82) is 0 Å². The zero-order valence-electron chi connectivity index (χ0n) is 13.5. The van der Waals surface area contributed by atoms with E-state index in [0.29, 0.717) is 6.61 Å². The number of halogens is 1. The lowest BCUT2D eigenvalue weighted by Crippen LogP contribution is -2.46. The van der Waals surface area contributed by atoms with Crippen LogP contribution in [-0.4, -0.2) is 19.0 Å². The molecule has 118 valence electrons. The van der Waals surface area contributed by atoms with Gasteiger partial charge in [-0.05, 0) is 37.2 Å². The molecule has 0 spiro atoms. The average Bonchev–Trinajstić information content (AvgIpc) is 2.94. The number of hydrogen-bond acceptors (Lipinski definition) is 2. The Kier molecular flexibility index (Phi) is 5.28. The van der Waals surface area contributed by atoms with Gasteiger partial charge in [0, 0.05) is 0 Å². The highest BCUT2D eigenvalue weighted by Gasteiger charge is 2.45. The summed E-state index contributed by atoms with van der Waals surface area (Å²) in [5, 5.41) is 0. The number of fused-ring (bicyclic) bond motifs is 1. The summed E-state index contributed by atoms with van der Waals surface area (Å²) in [7, 11) is 4.31. The van der Waals surface area contributed by atoms with E-state index in [9.17, 15) is 0 Å². The molecule has 2 atom stereocenters. The molecule has 0 aliphatic carbocycles. The molecule has 0 amide bonds. The van der Waals surface area contributed by atoms with Gasteiger partial charge < -0.3 is 4.74 Å². The molecule has 1 heterocycles. The van der Waals surface area contributed by atoms with E-state index in [1.54, 1.807) is 0 Å². The van der Waals surface area contributed by atoms with E-state index in [2.05, 4.69) is 80.5 Å². The first-order valence-corrected chi connectivity index (χ1v) is 7.62. The molecule has 0 bridgehead atoms. The van der Waals surface area contributed by atoms with E-state index in [0.717, 1.165) is 6.42 Å². The molecule has 0 saturated carbocycles. The summed E-state index contributed by atoms with van der Waals surface area (Å²) in [6.07, 6.45) is 1.08. The van der Waals surface area contributed by atoms with E-state index in [1.165, 1.54) is 16.7 Å². The molecule has 3 heteroatoms. The lowest BCUT2D eigenvalue weighted by molar-refractivity contribution is -0.0586. The van der Waals surface area contributed by atoms with Gasteiger partial charge in [-0.3, -0.25) is 4.90 Å². The smallest absolute Gasteiger partial charge is 0.106 e. The third-order valence-electron chi connectivity index (χ3n) is 4.79. The van der Waals surface area contributed by atoms with Crippen LogP contribution in [0.5, 0.6) is 0 Å². The van der Waals surface area contributed by atoms with Crippen LogP contribution in [-0.2, 0) is 16.9 Å². The molecular weight excluding hydrogens is 294 g/mol. The van der Waals surface area contributed by atoms with E-state index >= 15 is 0 Å². The maximum Gasteiger partial charge on any atom is 0.106 e. The Bertz CT molecular complexity index is 614. The second-order valence-electron chi connectivity index (χ2n) is 5.93. The molecule has 1 aliphatic rings. The molecule has 0 radical (unpaired) electrons. The van der Waals surface area contributed by atoms with Crippen LogP contribution in [0.25, 0.3) is 0 Å². The molecule has 2 unspecified atom stereocenters. The van der Waals surface area contributed by atoms with Gasteiger partial charge in [-0.15, -0.1) is 12.4 Å². The molecule has 0 fully saturated rings. The predicted octanol–water partition coefficient (Wildman–Crippen LogP) is 4.55.